The van der Waals surface area contributed by atoms with Crippen LogP contribution in [0.1, 0.15) is 55.1 Å². The Morgan fingerprint density at radius 1 is 1.10 bits per heavy atom. The van der Waals surface area contributed by atoms with Gasteiger partial charge in [0.1, 0.15) is 39.9 Å². The van der Waals surface area contributed by atoms with Crippen LogP contribution in [0.25, 0.3) is 12.2 Å². The molecule has 2 aromatic carbocycles. The molecule has 0 aromatic heterocycles. The Bertz CT molecular complexity index is 1110. The largest absolute Gasteiger partial charge is 0.508 e. The van der Waals surface area contributed by atoms with E-state index in [-0.39, 0.29) is 28.4 Å². The zero-order chi connectivity index (χ0) is 22.8. The first-order valence-corrected chi connectivity index (χ1v) is 9.94. The Kier molecular flexibility index (Phi) is 6.11. The van der Waals surface area contributed by atoms with Gasteiger partial charge in [0, 0.05) is 11.6 Å². The number of fused-ring (bicyclic) bond motifs is 1. The molecule has 6 nitrogen and oxygen atoms in total. The number of rotatable bonds is 6. The molecule has 0 aliphatic carbocycles. The van der Waals surface area contributed by atoms with Crippen LogP contribution in [0.5, 0.6) is 28.7 Å². The molecule has 1 aliphatic rings. The third kappa shape index (κ3) is 4.91. The van der Waals surface area contributed by atoms with Crippen LogP contribution in [0.4, 0.5) is 0 Å². The lowest BCUT2D eigenvalue weighted by Gasteiger charge is -2.32. The summed E-state index contributed by atoms with van der Waals surface area (Å²) in [6, 6.07) is 5.22. The molecule has 0 spiro atoms. The Balaban J connectivity index is 1.88. The minimum atomic E-state index is -0.661. The van der Waals surface area contributed by atoms with Crippen molar-refractivity contribution in [3.8, 4) is 28.7 Å². The fourth-order valence-electron chi connectivity index (χ4n) is 3.39. The fraction of sp³-hybridized carbons (Fsp3) is 0.240. The summed E-state index contributed by atoms with van der Waals surface area (Å²) >= 11 is 0. The quantitative estimate of drug-likeness (QED) is 0.217. The molecule has 31 heavy (non-hydrogen) atoms. The summed E-state index contributed by atoms with van der Waals surface area (Å²) in [5, 5.41) is 40.4. The third-order valence-corrected chi connectivity index (χ3v) is 5.09. The van der Waals surface area contributed by atoms with E-state index in [0.717, 1.165) is 12.5 Å². The van der Waals surface area contributed by atoms with Gasteiger partial charge in [-0.25, -0.2) is 0 Å². The van der Waals surface area contributed by atoms with Gasteiger partial charge in [0.15, 0.2) is 5.78 Å². The van der Waals surface area contributed by atoms with E-state index in [1.165, 1.54) is 35.9 Å². The molecule has 6 heteroatoms. The summed E-state index contributed by atoms with van der Waals surface area (Å²) in [4.78, 5) is 12.7. The van der Waals surface area contributed by atoms with Crippen LogP contribution >= 0.6 is 0 Å². The van der Waals surface area contributed by atoms with Crippen molar-refractivity contribution in [3.63, 3.8) is 0 Å². The van der Waals surface area contributed by atoms with Crippen LogP contribution in [-0.4, -0.2) is 31.8 Å². The average Bonchev–Trinajstić information content (AvgIpc) is 2.68. The molecule has 0 fully saturated rings. The highest BCUT2D eigenvalue weighted by molar-refractivity contribution is 6.11. The van der Waals surface area contributed by atoms with E-state index >= 15 is 0 Å². The molecule has 162 valence electrons. The number of carbonyl (C=O) groups excluding carboxylic acids is 1. The van der Waals surface area contributed by atoms with Crippen molar-refractivity contribution in [2.75, 3.05) is 0 Å². The van der Waals surface area contributed by atoms with Crippen molar-refractivity contribution in [1.82, 2.24) is 0 Å². The summed E-state index contributed by atoms with van der Waals surface area (Å²) in [6.07, 6.45) is 9.57. The third-order valence-electron chi connectivity index (χ3n) is 5.09. The van der Waals surface area contributed by atoms with E-state index in [9.17, 15) is 25.2 Å². The molecule has 0 radical (unpaired) electrons. The van der Waals surface area contributed by atoms with Crippen molar-refractivity contribution in [2.45, 2.75) is 39.2 Å². The van der Waals surface area contributed by atoms with Gasteiger partial charge in [-0.3, -0.25) is 4.79 Å². The molecule has 1 atom stereocenters. The maximum Gasteiger partial charge on any atom is 0.193 e. The van der Waals surface area contributed by atoms with E-state index in [0.29, 0.717) is 17.7 Å². The van der Waals surface area contributed by atoms with E-state index in [1.54, 1.807) is 6.08 Å². The zero-order valence-corrected chi connectivity index (χ0v) is 17.7. The Hall–Kier alpha value is -3.67. The lowest BCUT2D eigenvalue weighted by Crippen LogP contribution is -2.31. The Morgan fingerprint density at radius 3 is 2.55 bits per heavy atom. The number of phenols is 4. The predicted molar refractivity (Wildman–Crippen MR) is 120 cm³/mol. The van der Waals surface area contributed by atoms with Crippen molar-refractivity contribution >= 4 is 17.9 Å². The topological polar surface area (TPSA) is 107 Å². The van der Waals surface area contributed by atoms with Gasteiger partial charge in [-0.05, 0) is 76.1 Å². The highest BCUT2D eigenvalue weighted by atomic mass is 16.5. The van der Waals surface area contributed by atoms with Crippen molar-refractivity contribution < 1.29 is 30.0 Å². The molecule has 0 saturated carbocycles. The zero-order valence-electron chi connectivity index (χ0n) is 17.7. The maximum absolute atomic E-state index is 12.7. The van der Waals surface area contributed by atoms with Gasteiger partial charge in [0.2, 0.25) is 0 Å². The number of allylic oxidation sites excluding steroid dienone is 3. The second-order valence-electron chi connectivity index (χ2n) is 8.04. The Labute approximate surface area is 181 Å². The molecule has 2 aromatic rings. The minimum Gasteiger partial charge on any atom is -0.508 e. The highest BCUT2D eigenvalue weighted by Crippen LogP contribution is 2.44. The van der Waals surface area contributed by atoms with Gasteiger partial charge in [0.05, 0.1) is 5.56 Å². The number of hydrogen-bond donors (Lipinski definition) is 4. The first-order chi connectivity index (χ1) is 14.6. The molecule has 0 unspecified atom stereocenters. The summed E-state index contributed by atoms with van der Waals surface area (Å²) in [5.74, 6) is -1.35. The molecule has 1 aliphatic heterocycles. The number of hydrogen-bond acceptors (Lipinski definition) is 6. The number of benzene rings is 2. The predicted octanol–water partition coefficient (Wildman–Crippen LogP) is 5.32. The Morgan fingerprint density at radius 2 is 1.84 bits per heavy atom. The van der Waals surface area contributed by atoms with Gasteiger partial charge in [-0.1, -0.05) is 11.6 Å². The lowest BCUT2D eigenvalue weighted by atomic mass is 9.92. The smallest absolute Gasteiger partial charge is 0.193 e. The van der Waals surface area contributed by atoms with Crippen molar-refractivity contribution in [3.05, 3.63) is 64.8 Å². The standard InChI is InChI=1S/C25H26O6/c1-15(2)5-4-11-25(3)12-10-18-22(31-25)14-21(29)23(24(18)30)20(28)8-6-16-13-17(26)7-9-19(16)27/h5-10,12-14,26-27,29-30H,4,11H2,1-3H3/b8-6+/t25-/m1/s1. The SMILES string of the molecule is CC(C)=CCC[C@]1(C)C=Cc2c(cc(O)c(C(=O)/C=C/c3cc(O)ccc3O)c2O)O1. The fourth-order valence-corrected chi connectivity index (χ4v) is 3.39. The molecular weight excluding hydrogens is 396 g/mol. The first kappa shape index (κ1) is 22.0. The highest BCUT2D eigenvalue weighted by Gasteiger charge is 2.30. The maximum atomic E-state index is 12.7. The molecular formula is C25H26O6. The van der Waals surface area contributed by atoms with E-state index < -0.39 is 17.1 Å². The molecule has 0 saturated heterocycles. The van der Waals surface area contributed by atoms with E-state index in [1.807, 2.05) is 26.8 Å². The number of phenolic OH excluding ortho intramolecular Hbond substituents is 4. The van der Waals surface area contributed by atoms with E-state index in [4.69, 9.17) is 4.74 Å². The second-order valence-corrected chi connectivity index (χ2v) is 8.04. The van der Waals surface area contributed by atoms with Crippen LogP contribution in [0.3, 0.4) is 0 Å². The van der Waals surface area contributed by atoms with Crippen LogP contribution < -0.4 is 4.74 Å². The van der Waals surface area contributed by atoms with Crippen molar-refractivity contribution in [1.29, 1.82) is 0 Å². The lowest BCUT2D eigenvalue weighted by molar-refractivity contribution is 0.104. The van der Waals surface area contributed by atoms with Gasteiger partial charge >= 0.3 is 0 Å². The molecule has 3 rings (SSSR count). The minimum absolute atomic E-state index is 0.0701. The van der Waals surface area contributed by atoms with Crippen LogP contribution in [0.15, 0.2) is 48.1 Å². The molecule has 1 heterocycles. The summed E-state index contributed by atoms with van der Waals surface area (Å²) in [6.45, 7) is 5.98. The molecule has 4 N–H and O–H groups in total. The number of ether oxygens (including phenoxy) is 1. The molecule has 0 bridgehead atoms. The first-order valence-electron chi connectivity index (χ1n) is 9.94. The monoisotopic (exact) mass is 422 g/mol. The number of carbonyl (C=O) groups is 1. The van der Waals surface area contributed by atoms with Gasteiger partial charge in [0.25, 0.3) is 0 Å². The summed E-state index contributed by atoms with van der Waals surface area (Å²) < 4.78 is 6.03. The second kappa shape index (κ2) is 8.60. The van der Waals surface area contributed by atoms with Gasteiger partial charge in [-0.15, -0.1) is 0 Å². The average molecular weight is 422 g/mol. The number of ketones is 1. The van der Waals surface area contributed by atoms with Crippen LogP contribution in [0, 0.1) is 0 Å². The van der Waals surface area contributed by atoms with Crippen LogP contribution in [-0.2, 0) is 0 Å². The summed E-state index contributed by atoms with van der Waals surface area (Å²) in [7, 11) is 0. The summed E-state index contributed by atoms with van der Waals surface area (Å²) in [5.41, 5.74) is 0.885. The van der Waals surface area contributed by atoms with Gasteiger partial charge in [-0.2, -0.15) is 0 Å². The number of aromatic hydroxyl groups is 4. The van der Waals surface area contributed by atoms with E-state index in [2.05, 4.69) is 6.08 Å². The molecule has 0 amide bonds. The van der Waals surface area contributed by atoms with Crippen LogP contribution in [0.2, 0.25) is 0 Å². The normalized spacial score (nSPS) is 17.3. The van der Waals surface area contributed by atoms with Gasteiger partial charge < -0.3 is 25.2 Å². The van der Waals surface area contributed by atoms with Crippen molar-refractivity contribution in [2.24, 2.45) is 0 Å².